The summed E-state index contributed by atoms with van der Waals surface area (Å²) >= 11 is 0. The number of methoxy groups -OCH3 is 1. The third kappa shape index (κ3) is 4.29. The first-order valence-corrected chi connectivity index (χ1v) is 12.2. The number of hydrogen-bond acceptors (Lipinski definition) is 5. The molecule has 34 heavy (non-hydrogen) atoms. The highest BCUT2D eigenvalue weighted by Crippen LogP contribution is 2.32. The maximum absolute atomic E-state index is 13.2. The van der Waals surface area contributed by atoms with E-state index in [1.54, 1.807) is 11.7 Å². The Balaban J connectivity index is 1.18. The maximum Gasteiger partial charge on any atom is 0.328 e. The number of carbonyl (C=O) groups excluding carboxylic acids is 1. The standard InChI is InChI=1S/C26H33N5O3/c1-28-23-8-7-22(34-2)17-24(23)31(26(28)33)18-19-3-5-20(6-4-19)25(32)30-15-13-29(14-16-30)21-9-11-27-12-10-21/h7-12,17,19-20H,3-6,13-16,18H2,1-2H3. The van der Waals surface area contributed by atoms with Gasteiger partial charge in [0.05, 0.1) is 18.1 Å². The van der Waals surface area contributed by atoms with Gasteiger partial charge in [-0.05, 0) is 55.9 Å². The van der Waals surface area contributed by atoms with E-state index in [0.29, 0.717) is 18.4 Å². The number of aryl methyl sites for hydroxylation is 1. The molecule has 3 heterocycles. The fourth-order valence-electron chi connectivity index (χ4n) is 5.54. The van der Waals surface area contributed by atoms with Crippen molar-refractivity contribution in [3.63, 3.8) is 0 Å². The third-order valence-corrected chi connectivity index (χ3v) is 7.61. The molecule has 180 valence electrons. The second kappa shape index (κ2) is 9.52. The Morgan fingerprint density at radius 3 is 2.38 bits per heavy atom. The molecule has 0 unspecified atom stereocenters. The Labute approximate surface area is 199 Å². The summed E-state index contributed by atoms with van der Waals surface area (Å²) in [6.07, 6.45) is 7.37. The lowest BCUT2D eigenvalue weighted by Gasteiger charge is -2.38. The monoisotopic (exact) mass is 463 g/mol. The van der Waals surface area contributed by atoms with Gasteiger partial charge < -0.3 is 14.5 Å². The number of amides is 1. The number of ether oxygens (including phenoxy) is 1. The van der Waals surface area contributed by atoms with Crippen molar-refractivity contribution >= 4 is 22.6 Å². The molecule has 1 saturated heterocycles. The average Bonchev–Trinajstić information content (AvgIpc) is 3.13. The van der Waals surface area contributed by atoms with Gasteiger partial charge >= 0.3 is 5.69 Å². The lowest BCUT2D eigenvalue weighted by Crippen LogP contribution is -2.50. The quantitative estimate of drug-likeness (QED) is 0.582. The molecular formula is C26H33N5O3. The molecule has 2 fully saturated rings. The van der Waals surface area contributed by atoms with E-state index in [1.165, 1.54) is 5.69 Å². The molecule has 0 radical (unpaired) electrons. The second-order valence-corrected chi connectivity index (χ2v) is 9.54. The van der Waals surface area contributed by atoms with Crippen LogP contribution in [-0.4, -0.2) is 58.2 Å². The molecule has 0 atom stereocenters. The average molecular weight is 464 g/mol. The predicted octanol–water partition coefficient (Wildman–Crippen LogP) is 2.90. The highest BCUT2D eigenvalue weighted by atomic mass is 16.5. The topological polar surface area (TPSA) is 72.6 Å². The third-order valence-electron chi connectivity index (χ3n) is 7.61. The normalized spacial score (nSPS) is 21.1. The molecule has 5 rings (SSSR count). The number of hydrogen-bond donors (Lipinski definition) is 0. The van der Waals surface area contributed by atoms with Crippen LogP contribution in [0.2, 0.25) is 0 Å². The summed E-state index contributed by atoms with van der Waals surface area (Å²) in [5, 5.41) is 0. The summed E-state index contributed by atoms with van der Waals surface area (Å²) in [7, 11) is 3.46. The van der Waals surface area contributed by atoms with Gasteiger partial charge in [0, 0.05) is 69.8 Å². The highest BCUT2D eigenvalue weighted by molar-refractivity contribution is 5.79. The lowest BCUT2D eigenvalue weighted by molar-refractivity contribution is -0.137. The predicted molar refractivity (Wildman–Crippen MR) is 132 cm³/mol. The van der Waals surface area contributed by atoms with Crippen LogP contribution in [0.15, 0.2) is 47.5 Å². The minimum atomic E-state index is 0.00789. The van der Waals surface area contributed by atoms with Crippen LogP contribution >= 0.6 is 0 Å². The zero-order valence-corrected chi connectivity index (χ0v) is 20.0. The van der Waals surface area contributed by atoms with Crippen LogP contribution < -0.4 is 15.3 Å². The number of piperazine rings is 1. The van der Waals surface area contributed by atoms with Gasteiger partial charge in [-0.25, -0.2) is 4.79 Å². The molecule has 0 bridgehead atoms. The van der Waals surface area contributed by atoms with Crippen molar-refractivity contribution in [2.75, 3.05) is 38.2 Å². The summed E-state index contributed by atoms with van der Waals surface area (Å²) in [6.45, 7) is 3.95. The van der Waals surface area contributed by atoms with Gasteiger partial charge in [0.1, 0.15) is 5.75 Å². The van der Waals surface area contributed by atoms with Gasteiger partial charge in [0.25, 0.3) is 0 Å². The van der Waals surface area contributed by atoms with Crippen molar-refractivity contribution in [3.8, 4) is 5.75 Å². The Bertz CT molecular complexity index is 1200. The first-order valence-electron chi connectivity index (χ1n) is 12.2. The minimum absolute atomic E-state index is 0.00789. The van der Waals surface area contributed by atoms with Crippen LogP contribution in [0.5, 0.6) is 5.75 Å². The van der Waals surface area contributed by atoms with Gasteiger partial charge in [0.2, 0.25) is 5.91 Å². The van der Waals surface area contributed by atoms with Gasteiger partial charge in [-0.2, -0.15) is 0 Å². The zero-order chi connectivity index (χ0) is 23.7. The number of imidazole rings is 1. The zero-order valence-electron chi connectivity index (χ0n) is 20.0. The Hall–Kier alpha value is -3.29. The number of nitrogens with zero attached hydrogens (tertiary/aromatic N) is 5. The molecule has 3 aromatic rings. The van der Waals surface area contributed by atoms with Gasteiger partial charge in [-0.15, -0.1) is 0 Å². The number of fused-ring (bicyclic) bond motifs is 1. The molecule has 0 spiro atoms. The van der Waals surface area contributed by atoms with E-state index in [9.17, 15) is 9.59 Å². The fourth-order valence-corrected chi connectivity index (χ4v) is 5.54. The van der Waals surface area contributed by atoms with Gasteiger partial charge in [0.15, 0.2) is 0 Å². The Morgan fingerprint density at radius 1 is 1.00 bits per heavy atom. The van der Waals surface area contributed by atoms with Crippen LogP contribution in [0.4, 0.5) is 5.69 Å². The van der Waals surface area contributed by atoms with E-state index in [2.05, 4.69) is 9.88 Å². The first kappa shape index (κ1) is 22.5. The van der Waals surface area contributed by atoms with E-state index in [0.717, 1.165) is 68.6 Å². The first-order chi connectivity index (χ1) is 16.5. The molecule has 1 aromatic carbocycles. The number of benzene rings is 1. The number of aromatic nitrogens is 3. The van der Waals surface area contributed by atoms with Crippen LogP contribution in [-0.2, 0) is 18.4 Å². The summed E-state index contributed by atoms with van der Waals surface area (Å²) in [6, 6.07) is 9.82. The van der Waals surface area contributed by atoms with E-state index in [1.807, 2.05) is 59.2 Å². The Morgan fingerprint density at radius 2 is 1.71 bits per heavy atom. The van der Waals surface area contributed by atoms with E-state index in [-0.39, 0.29) is 11.6 Å². The second-order valence-electron chi connectivity index (χ2n) is 9.54. The SMILES string of the molecule is COc1ccc2c(c1)n(CC1CCC(C(=O)N3CCN(c4ccncc4)CC3)CC1)c(=O)n2C. The summed E-state index contributed by atoms with van der Waals surface area (Å²) < 4.78 is 8.96. The van der Waals surface area contributed by atoms with E-state index < -0.39 is 0 Å². The largest absolute Gasteiger partial charge is 0.497 e. The van der Waals surface area contributed by atoms with Crippen molar-refractivity contribution in [1.29, 1.82) is 0 Å². The van der Waals surface area contributed by atoms with Crippen LogP contribution in [0.3, 0.4) is 0 Å². The van der Waals surface area contributed by atoms with Crippen LogP contribution in [0.25, 0.3) is 11.0 Å². The molecule has 1 aliphatic carbocycles. The molecule has 8 heteroatoms. The number of pyridine rings is 1. The van der Waals surface area contributed by atoms with E-state index in [4.69, 9.17) is 4.74 Å². The minimum Gasteiger partial charge on any atom is -0.497 e. The fraction of sp³-hybridized carbons (Fsp3) is 0.500. The lowest BCUT2D eigenvalue weighted by atomic mass is 9.81. The molecule has 1 aliphatic heterocycles. The summed E-state index contributed by atoms with van der Waals surface area (Å²) in [5.41, 5.74) is 3.01. The van der Waals surface area contributed by atoms with Crippen molar-refractivity contribution in [2.45, 2.75) is 32.2 Å². The molecule has 0 N–H and O–H groups in total. The summed E-state index contributed by atoms with van der Waals surface area (Å²) in [5.74, 6) is 1.57. The van der Waals surface area contributed by atoms with Gasteiger partial charge in [-0.3, -0.25) is 18.9 Å². The molecule has 1 amide bonds. The van der Waals surface area contributed by atoms with Crippen molar-refractivity contribution < 1.29 is 9.53 Å². The van der Waals surface area contributed by atoms with E-state index >= 15 is 0 Å². The summed E-state index contributed by atoms with van der Waals surface area (Å²) in [4.78, 5) is 34.5. The van der Waals surface area contributed by atoms with Crippen molar-refractivity contribution in [2.24, 2.45) is 18.9 Å². The highest BCUT2D eigenvalue weighted by Gasteiger charge is 2.31. The van der Waals surface area contributed by atoms with Crippen molar-refractivity contribution in [3.05, 3.63) is 53.2 Å². The molecule has 2 aromatic heterocycles. The molecule has 2 aliphatic rings. The van der Waals surface area contributed by atoms with Gasteiger partial charge in [-0.1, -0.05) is 0 Å². The van der Waals surface area contributed by atoms with Crippen LogP contribution in [0, 0.1) is 11.8 Å². The van der Waals surface area contributed by atoms with Crippen molar-refractivity contribution in [1.82, 2.24) is 19.0 Å². The Kier molecular flexibility index (Phi) is 6.30. The van der Waals surface area contributed by atoms with Crippen LogP contribution in [0.1, 0.15) is 25.7 Å². The molecular weight excluding hydrogens is 430 g/mol. The number of rotatable bonds is 5. The maximum atomic E-state index is 13.2. The smallest absolute Gasteiger partial charge is 0.328 e. The molecule has 1 saturated carbocycles. The molecule has 8 nitrogen and oxygen atoms in total. The number of anilines is 1. The number of carbonyl (C=O) groups is 1.